The first kappa shape index (κ1) is 9.47. The molecule has 0 N–H and O–H groups in total. The van der Waals surface area contributed by atoms with Gasteiger partial charge in [-0.15, -0.1) is 0 Å². The van der Waals surface area contributed by atoms with E-state index in [2.05, 4.69) is 11.1 Å². The summed E-state index contributed by atoms with van der Waals surface area (Å²) in [7, 11) is 0. The Morgan fingerprint density at radius 3 is 2.77 bits per heavy atom. The lowest BCUT2D eigenvalue weighted by Crippen LogP contribution is -1.95. The molecule has 66 valence electrons. The van der Waals surface area contributed by atoms with Crippen LogP contribution in [-0.4, -0.2) is 12.8 Å². The first-order valence-electron chi connectivity index (χ1n) is 4.27. The third-order valence-corrected chi connectivity index (χ3v) is 1.64. The van der Waals surface area contributed by atoms with Crippen molar-refractivity contribution in [1.82, 2.24) is 0 Å². The normalized spacial score (nSPS) is 12.6. The van der Waals surface area contributed by atoms with Crippen molar-refractivity contribution < 1.29 is 0 Å². The van der Waals surface area contributed by atoms with Gasteiger partial charge >= 0.3 is 0 Å². The standard InChI is InChI=1S/C11H12N2/c1-10(7-12)8-13-9-11-5-3-2-4-6-11/h2-6,9-10H,8H2,1H3. The number of benzene rings is 1. The zero-order valence-electron chi connectivity index (χ0n) is 7.64. The van der Waals surface area contributed by atoms with Gasteiger partial charge in [0.25, 0.3) is 0 Å². The molecule has 13 heavy (non-hydrogen) atoms. The first-order chi connectivity index (χ1) is 6.33. The van der Waals surface area contributed by atoms with Gasteiger partial charge in [0.1, 0.15) is 0 Å². The third-order valence-electron chi connectivity index (χ3n) is 1.64. The Morgan fingerprint density at radius 1 is 1.46 bits per heavy atom. The van der Waals surface area contributed by atoms with Crippen LogP contribution in [0.4, 0.5) is 0 Å². The van der Waals surface area contributed by atoms with Gasteiger partial charge in [0.15, 0.2) is 0 Å². The maximum absolute atomic E-state index is 8.51. The Bertz CT molecular complexity index is 309. The molecule has 2 nitrogen and oxygen atoms in total. The van der Waals surface area contributed by atoms with Crippen molar-refractivity contribution in [2.75, 3.05) is 6.54 Å². The molecule has 0 bridgehead atoms. The van der Waals surface area contributed by atoms with Crippen LogP contribution in [0.2, 0.25) is 0 Å². The first-order valence-corrected chi connectivity index (χ1v) is 4.27. The molecular formula is C11H12N2. The summed E-state index contributed by atoms with van der Waals surface area (Å²) in [6.45, 7) is 2.44. The topological polar surface area (TPSA) is 36.1 Å². The summed E-state index contributed by atoms with van der Waals surface area (Å²) in [4.78, 5) is 4.16. The molecule has 0 fully saturated rings. The highest BCUT2D eigenvalue weighted by atomic mass is 14.7. The van der Waals surface area contributed by atoms with E-state index in [0.29, 0.717) is 6.54 Å². The lowest BCUT2D eigenvalue weighted by Gasteiger charge is -1.94. The fourth-order valence-corrected chi connectivity index (χ4v) is 0.896. The molecule has 0 saturated carbocycles. The molecule has 0 radical (unpaired) electrons. The van der Waals surface area contributed by atoms with Gasteiger partial charge in [0.2, 0.25) is 0 Å². The van der Waals surface area contributed by atoms with E-state index >= 15 is 0 Å². The summed E-state index contributed by atoms with van der Waals surface area (Å²) in [6, 6.07) is 12.0. The van der Waals surface area contributed by atoms with Crippen molar-refractivity contribution in [2.45, 2.75) is 6.92 Å². The van der Waals surface area contributed by atoms with Gasteiger partial charge < -0.3 is 0 Å². The van der Waals surface area contributed by atoms with Crippen LogP contribution in [-0.2, 0) is 0 Å². The van der Waals surface area contributed by atoms with Crippen LogP contribution < -0.4 is 0 Å². The molecular weight excluding hydrogens is 160 g/mol. The highest BCUT2D eigenvalue weighted by molar-refractivity contribution is 5.79. The molecule has 0 aliphatic heterocycles. The summed E-state index contributed by atoms with van der Waals surface area (Å²) in [5.74, 6) is -0.0000350. The maximum atomic E-state index is 8.51. The summed E-state index contributed by atoms with van der Waals surface area (Å²) in [5, 5.41) is 8.51. The van der Waals surface area contributed by atoms with Crippen LogP contribution in [0.15, 0.2) is 35.3 Å². The molecule has 0 saturated heterocycles. The molecule has 1 unspecified atom stereocenters. The van der Waals surface area contributed by atoms with E-state index in [0.717, 1.165) is 5.56 Å². The second kappa shape index (κ2) is 5.10. The van der Waals surface area contributed by atoms with Crippen molar-refractivity contribution >= 4 is 6.21 Å². The Balaban J connectivity index is 2.47. The predicted molar refractivity (Wildman–Crippen MR) is 53.7 cm³/mol. The van der Waals surface area contributed by atoms with E-state index < -0.39 is 0 Å². The number of hydrogen-bond acceptors (Lipinski definition) is 2. The molecule has 2 heteroatoms. The second-order valence-electron chi connectivity index (χ2n) is 2.94. The molecule has 0 aliphatic rings. The van der Waals surface area contributed by atoms with Gasteiger partial charge in [0, 0.05) is 6.21 Å². The molecule has 0 aromatic heterocycles. The van der Waals surface area contributed by atoms with E-state index in [4.69, 9.17) is 5.26 Å². The van der Waals surface area contributed by atoms with Crippen molar-refractivity contribution in [1.29, 1.82) is 5.26 Å². The Morgan fingerprint density at radius 2 is 2.15 bits per heavy atom. The van der Waals surface area contributed by atoms with Gasteiger partial charge in [-0.2, -0.15) is 5.26 Å². The molecule has 1 rings (SSSR count). The Hall–Kier alpha value is -1.62. The minimum atomic E-state index is -0.0000350. The van der Waals surface area contributed by atoms with Crippen LogP contribution >= 0.6 is 0 Å². The van der Waals surface area contributed by atoms with Gasteiger partial charge in [-0.05, 0) is 12.5 Å². The van der Waals surface area contributed by atoms with E-state index in [9.17, 15) is 0 Å². The van der Waals surface area contributed by atoms with E-state index in [1.165, 1.54) is 0 Å². The Kier molecular flexibility index (Phi) is 3.72. The van der Waals surface area contributed by atoms with Crippen LogP contribution in [0.5, 0.6) is 0 Å². The van der Waals surface area contributed by atoms with Crippen LogP contribution in [0.25, 0.3) is 0 Å². The van der Waals surface area contributed by atoms with Crippen LogP contribution in [0, 0.1) is 17.2 Å². The van der Waals surface area contributed by atoms with Gasteiger partial charge in [-0.1, -0.05) is 30.3 Å². The molecule has 0 spiro atoms. The van der Waals surface area contributed by atoms with Gasteiger partial charge in [-0.25, -0.2) is 0 Å². The second-order valence-corrected chi connectivity index (χ2v) is 2.94. The fraction of sp³-hybridized carbons (Fsp3) is 0.273. The van der Waals surface area contributed by atoms with E-state index in [-0.39, 0.29) is 5.92 Å². The number of hydrogen-bond donors (Lipinski definition) is 0. The zero-order valence-corrected chi connectivity index (χ0v) is 7.64. The SMILES string of the molecule is CC(C#N)CN=Cc1ccccc1. The fourth-order valence-electron chi connectivity index (χ4n) is 0.896. The predicted octanol–water partition coefficient (Wildman–Crippen LogP) is 2.27. The lowest BCUT2D eigenvalue weighted by atomic mass is 10.2. The average molecular weight is 172 g/mol. The van der Waals surface area contributed by atoms with Crippen LogP contribution in [0.1, 0.15) is 12.5 Å². The van der Waals surface area contributed by atoms with Crippen molar-refractivity contribution in [3.05, 3.63) is 35.9 Å². The molecule has 0 aliphatic carbocycles. The maximum Gasteiger partial charge on any atom is 0.0672 e. The minimum Gasteiger partial charge on any atom is -0.291 e. The molecule has 0 heterocycles. The Labute approximate surface area is 78.5 Å². The average Bonchev–Trinajstić information content (AvgIpc) is 2.19. The van der Waals surface area contributed by atoms with E-state index in [1.54, 1.807) is 6.21 Å². The largest absolute Gasteiger partial charge is 0.291 e. The molecule has 1 aromatic carbocycles. The van der Waals surface area contributed by atoms with E-state index in [1.807, 2.05) is 37.3 Å². The van der Waals surface area contributed by atoms with Crippen LogP contribution in [0.3, 0.4) is 0 Å². The summed E-state index contributed by atoms with van der Waals surface area (Å²) < 4.78 is 0. The highest BCUT2D eigenvalue weighted by Gasteiger charge is 1.94. The highest BCUT2D eigenvalue weighted by Crippen LogP contribution is 1.96. The van der Waals surface area contributed by atoms with Crippen molar-refractivity contribution in [3.8, 4) is 6.07 Å². The van der Waals surface area contributed by atoms with Crippen molar-refractivity contribution in [2.24, 2.45) is 10.9 Å². The monoisotopic (exact) mass is 172 g/mol. The lowest BCUT2D eigenvalue weighted by molar-refractivity contribution is 0.759. The van der Waals surface area contributed by atoms with Gasteiger partial charge in [0.05, 0.1) is 18.5 Å². The summed E-state index contributed by atoms with van der Waals surface area (Å²) in [6.07, 6.45) is 1.80. The van der Waals surface area contributed by atoms with Crippen molar-refractivity contribution in [3.63, 3.8) is 0 Å². The minimum absolute atomic E-state index is 0.0000350. The number of aliphatic imine (C=N–C) groups is 1. The summed E-state index contributed by atoms with van der Waals surface area (Å²) >= 11 is 0. The molecule has 1 atom stereocenters. The summed E-state index contributed by atoms with van der Waals surface area (Å²) in [5.41, 5.74) is 1.08. The number of nitrogens with zero attached hydrogens (tertiary/aromatic N) is 2. The van der Waals surface area contributed by atoms with Gasteiger partial charge in [-0.3, -0.25) is 4.99 Å². The molecule has 0 amide bonds. The third kappa shape index (κ3) is 3.53. The number of nitriles is 1. The quantitative estimate of drug-likeness (QED) is 0.644. The number of rotatable bonds is 3. The molecule has 1 aromatic rings. The smallest absolute Gasteiger partial charge is 0.0672 e. The zero-order chi connectivity index (χ0) is 9.52.